The van der Waals surface area contributed by atoms with Crippen molar-refractivity contribution >= 4 is 16.7 Å². The molecule has 0 aliphatic rings. The number of nitrogens with zero attached hydrogens (tertiary/aromatic N) is 1. The zero-order valence-electron chi connectivity index (χ0n) is 14.6. The summed E-state index contributed by atoms with van der Waals surface area (Å²) in [7, 11) is 1.50. The average Bonchev–Trinajstić information content (AvgIpc) is 2.64. The van der Waals surface area contributed by atoms with Crippen LogP contribution >= 0.6 is 0 Å². The number of carbonyl (C=O) groups is 1. The van der Waals surface area contributed by atoms with E-state index in [2.05, 4.69) is 5.32 Å². The maximum atomic E-state index is 12.6. The number of nitrogens with one attached hydrogen (secondary N) is 1. The van der Waals surface area contributed by atoms with E-state index in [0.29, 0.717) is 10.9 Å². The summed E-state index contributed by atoms with van der Waals surface area (Å²) in [6.45, 7) is -0.219. The average molecular weight is 362 g/mol. The number of aromatic hydroxyl groups is 1. The van der Waals surface area contributed by atoms with E-state index in [1.165, 1.54) is 18.5 Å². The van der Waals surface area contributed by atoms with Gasteiger partial charge in [-0.3, -0.25) is 9.59 Å². The molecule has 5 N–H and O–H groups in total. The highest BCUT2D eigenvalue weighted by Gasteiger charge is 2.28. The maximum absolute atomic E-state index is 12.6. The van der Waals surface area contributed by atoms with Crippen molar-refractivity contribution in [2.75, 3.05) is 19.8 Å². The van der Waals surface area contributed by atoms with Crippen molar-refractivity contribution in [3.63, 3.8) is 0 Å². The van der Waals surface area contributed by atoms with Crippen molar-refractivity contribution in [2.24, 2.45) is 7.05 Å². The predicted octanol–water partition coefficient (Wildman–Crippen LogP) is -0.364. The third-order valence-corrected chi connectivity index (χ3v) is 4.24. The molecule has 26 heavy (non-hydrogen) atoms. The molecule has 1 aromatic carbocycles. The number of aliphatic hydroxyl groups excluding tert-OH is 3. The number of carbonyl (C=O) groups excluding carboxylic acids is 1. The number of ketones is 1. The quantitative estimate of drug-likeness (QED) is 0.335. The van der Waals surface area contributed by atoms with E-state index in [1.54, 1.807) is 24.3 Å². The molecule has 0 bridgehead atoms. The number of aliphatic hydroxyl groups is 3. The standard InChI is InChI=1S/C18H22N2O6/c1-11(19-18(8-21,9-22)10-23)7-14(24)15-16(25)12-5-3-4-6-13(12)20(2)17(15)26/h3-7,19,21-23,25H,8-10H2,1-2H3. The van der Waals surface area contributed by atoms with Gasteiger partial charge in [-0.2, -0.15) is 0 Å². The number of fused-ring (bicyclic) bond motifs is 1. The predicted molar refractivity (Wildman–Crippen MR) is 96.1 cm³/mol. The molecule has 0 spiro atoms. The van der Waals surface area contributed by atoms with Gasteiger partial charge < -0.3 is 30.3 Å². The van der Waals surface area contributed by atoms with Gasteiger partial charge in [0.1, 0.15) is 16.9 Å². The Labute approximate surface area is 149 Å². The third kappa shape index (κ3) is 3.48. The number of pyridine rings is 1. The topological polar surface area (TPSA) is 132 Å². The molecule has 0 amide bonds. The first-order chi connectivity index (χ1) is 12.3. The molecule has 0 unspecified atom stereocenters. The lowest BCUT2D eigenvalue weighted by atomic mass is 10.0. The number of benzene rings is 1. The summed E-state index contributed by atoms with van der Waals surface area (Å²) in [5.74, 6) is -1.14. The summed E-state index contributed by atoms with van der Waals surface area (Å²) in [5, 5.41) is 41.4. The molecule has 8 heteroatoms. The molecule has 0 aliphatic heterocycles. The fourth-order valence-corrected chi connectivity index (χ4v) is 2.69. The van der Waals surface area contributed by atoms with E-state index in [-0.39, 0.29) is 11.3 Å². The highest BCUT2D eigenvalue weighted by molar-refractivity contribution is 6.09. The third-order valence-electron chi connectivity index (χ3n) is 4.24. The van der Waals surface area contributed by atoms with Gasteiger partial charge >= 0.3 is 0 Å². The minimum Gasteiger partial charge on any atom is -0.506 e. The first kappa shape index (κ1) is 19.6. The van der Waals surface area contributed by atoms with E-state index >= 15 is 0 Å². The molecule has 140 valence electrons. The van der Waals surface area contributed by atoms with Crippen LogP contribution in [-0.2, 0) is 7.05 Å². The van der Waals surface area contributed by atoms with E-state index in [0.717, 1.165) is 6.08 Å². The largest absolute Gasteiger partial charge is 0.506 e. The monoisotopic (exact) mass is 362 g/mol. The molecule has 0 atom stereocenters. The van der Waals surface area contributed by atoms with Crippen LogP contribution in [0, 0.1) is 0 Å². The Balaban J connectivity index is 2.49. The second-order valence-corrected chi connectivity index (χ2v) is 6.18. The molecule has 2 rings (SSSR count). The van der Waals surface area contributed by atoms with Crippen molar-refractivity contribution in [1.82, 2.24) is 9.88 Å². The van der Waals surface area contributed by atoms with Gasteiger partial charge in [-0.1, -0.05) is 12.1 Å². The first-order valence-corrected chi connectivity index (χ1v) is 7.94. The summed E-state index contributed by atoms with van der Waals surface area (Å²) >= 11 is 0. The van der Waals surface area contributed by atoms with Crippen molar-refractivity contribution in [2.45, 2.75) is 12.5 Å². The SMILES string of the molecule is CC(=CC(=O)c1c(O)c2ccccc2n(C)c1=O)NC(CO)(CO)CO. The maximum Gasteiger partial charge on any atom is 0.265 e. The highest BCUT2D eigenvalue weighted by atomic mass is 16.3. The minimum absolute atomic E-state index is 0.210. The normalized spacial score (nSPS) is 12.4. The molecule has 8 nitrogen and oxygen atoms in total. The molecule has 0 saturated heterocycles. The Bertz CT molecular complexity index is 904. The van der Waals surface area contributed by atoms with Crippen LogP contribution in [0.2, 0.25) is 0 Å². The van der Waals surface area contributed by atoms with Crippen LogP contribution in [0.25, 0.3) is 10.9 Å². The van der Waals surface area contributed by atoms with Crippen LogP contribution in [0.1, 0.15) is 17.3 Å². The second-order valence-electron chi connectivity index (χ2n) is 6.18. The van der Waals surface area contributed by atoms with Crippen LogP contribution in [0.15, 0.2) is 40.8 Å². The number of hydrogen-bond acceptors (Lipinski definition) is 7. The zero-order valence-corrected chi connectivity index (χ0v) is 14.6. The number of rotatable bonds is 7. The molecule has 0 saturated carbocycles. The molecular weight excluding hydrogens is 340 g/mol. The molecule has 0 aliphatic carbocycles. The Hall–Kier alpha value is -2.68. The van der Waals surface area contributed by atoms with Crippen molar-refractivity contribution in [3.05, 3.63) is 52.0 Å². The first-order valence-electron chi connectivity index (χ1n) is 7.94. The molecular formula is C18H22N2O6. The lowest BCUT2D eigenvalue weighted by molar-refractivity contribution is 0.0493. The van der Waals surface area contributed by atoms with Gasteiger partial charge in [0, 0.05) is 24.2 Å². The Morgan fingerprint density at radius 2 is 1.77 bits per heavy atom. The second kappa shape index (κ2) is 7.69. The lowest BCUT2D eigenvalue weighted by Gasteiger charge is -2.30. The van der Waals surface area contributed by atoms with Crippen LogP contribution in [0.3, 0.4) is 0 Å². The van der Waals surface area contributed by atoms with Gasteiger partial charge in [-0.25, -0.2) is 0 Å². The number of hydrogen-bond donors (Lipinski definition) is 5. The van der Waals surface area contributed by atoms with E-state index in [9.17, 15) is 30.0 Å². The van der Waals surface area contributed by atoms with Gasteiger partial charge in [0.25, 0.3) is 5.56 Å². The van der Waals surface area contributed by atoms with Gasteiger partial charge in [0.05, 0.1) is 25.3 Å². The van der Waals surface area contributed by atoms with Gasteiger partial charge in [0.15, 0.2) is 5.78 Å². The fourth-order valence-electron chi connectivity index (χ4n) is 2.69. The van der Waals surface area contributed by atoms with Crippen molar-refractivity contribution in [1.29, 1.82) is 0 Å². The van der Waals surface area contributed by atoms with Crippen LogP contribution in [0.4, 0.5) is 0 Å². The summed E-state index contributed by atoms with van der Waals surface area (Å²) in [5.41, 5.74) is -1.73. The molecule has 2 aromatic rings. The van der Waals surface area contributed by atoms with E-state index < -0.39 is 42.5 Å². The lowest BCUT2D eigenvalue weighted by Crippen LogP contribution is -2.54. The van der Waals surface area contributed by atoms with Gasteiger partial charge in [-0.15, -0.1) is 0 Å². The molecule has 0 fully saturated rings. The molecule has 1 aromatic heterocycles. The van der Waals surface area contributed by atoms with Crippen molar-refractivity contribution in [3.8, 4) is 5.75 Å². The van der Waals surface area contributed by atoms with Crippen molar-refractivity contribution < 1.29 is 25.2 Å². The fraction of sp³-hybridized carbons (Fsp3) is 0.333. The highest BCUT2D eigenvalue weighted by Crippen LogP contribution is 2.26. The summed E-state index contributed by atoms with van der Waals surface area (Å²) in [6, 6.07) is 6.66. The number of aryl methyl sites for hydroxylation is 1. The van der Waals surface area contributed by atoms with E-state index in [1.807, 2.05) is 0 Å². The van der Waals surface area contributed by atoms with Crippen LogP contribution in [-0.4, -0.2) is 56.1 Å². The number of allylic oxidation sites excluding steroid dienone is 2. The van der Waals surface area contributed by atoms with Gasteiger partial charge in [-0.05, 0) is 19.1 Å². The summed E-state index contributed by atoms with van der Waals surface area (Å²) < 4.78 is 1.28. The van der Waals surface area contributed by atoms with Crippen LogP contribution in [0.5, 0.6) is 5.75 Å². The Kier molecular flexibility index (Phi) is 5.81. The number of para-hydroxylation sites is 1. The summed E-state index contributed by atoms with van der Waals surface area (Å²) in [4.78, 5) is 25.1. The Morgan fingerprint density at radius 3 is 2.35 bits per heavy atom. The van der Waals surface area contributed by atoms with E-state index in [4.69, 9.17) is 0 Å². The smallest absolute Gasteiger partial charge is 0.265 e. The minimum atomic E-state index is -1.41. The summed E-state index contributed by atoms with van der Waals surface area (Å²) in [6.07, 6.45) is 1.07. The van der Waals surface area contributed by atoms with Gasteiger partial charge in [0.2, 0.25) is 0 Å². The number of aromatic nitrogens is 1. The van der Waals surface area contributed by atoms with Crippen LogP contribution < -0.4 is 10.9 Å². The zero-order chi connectivity index (χ0) is 19.5. The Morgan fingerprint density at radius 1 is 1.19 bits per heavy atom. The molecule has 0 radical (unpaired) electrons. The molecule has 1 heterocycles.